The maximum atomic E-state index is 12.9. The fourth-order valence-electron chi connectivity index (χ4n) is 8.70. The van der Waals surface area contributed by atoms with E-state index in [0.717, 1.165) is 37.5 Å². The Morgan fingerprint density at radius 2 is 2.00 bits per heavy atom. The molecule has 6 nitrogen and oxygen atoms in total. The molecule has 4 aliphatic carbocycles. The molecule has 6 heteroatoms. The van der Waals surface area contributed by atoms with Gasteiger partial charge >= 0.3 is 5.97 Å². The van der Waals surface area contributed by atoms with Gasteiger partial charge in [0, 0.05) is 19.0 Å². The standard InChI is InChI=1S/C23H29NO5/c1-13-10-24-11-15-5-3-14-4-6-16-17(19(26)29-2)9-21(18(14)16)20(15,12-25)7-8-22(13,27)23(21,24)28/h7-8,12-13,15-17,27-28H,3-6,9-11H2,1-2H3/t13-,15+,16+,17+,20+,21+,22+,23-/m0/s1. The topological polar surface area (TPSA) is 87.1 Å². The van der Waals surface area contributed by atoms with Crippen molar-refractivity contribution >= 4 is 12.3 Å². The number of esters is 1. The maximum absolute atomic E-state index is 12.9. The molecule has 29 heavy (non-hydrogen) atoms. The first-order chi connectivity index (χ1) is 13.8. The molecular formula is C23H29NO5. The molecular weight excluding hydrogens is 370 g/mol. The molecule has 0 amide bonds. The highest BCUT2D eigenvalue weighted by Gasteiger charge is 2.84. The Labute approximate surface area is 170 Å². The van der Waals surface area contributed by atoms with Crippen LogP contribution in [0.1, 0.15) is 39.0 Å². The Kier molecular flexibility index (Phi) is 3.29. The van der Waals surface area contributed by atoms with Crippen LogP contribution in [0.5, 0.6) is 0 Å². The van der Waals surface area contributed by atoms with E-state index in [-0.39, 0.29) is 29.6 Å². The molecule has 0 radical (unpaired) electrons. The molecule has 4 bridgehead atoms. The Hall–Kier alpha value is -1.50. The maximum Gasteiger partial charge on any atom is 0.309 e. The van der Waals surface area contributed by atoms with Crippen LogP contribution in [-0.2, 0) is 14.3 Å². The molecule has 1 saturated carbocycles. The number of ether oxygens (including phenoxy) is 1. The highest BCUT2D eigenvalue weighted by molar-refractivity contribution is 5.78. The van der Waals surface area contributed by atoms with Gasteiger partial charge in [0.05, 0.1) is 23.9 Å². The zero-order valence-electron chi connectivity index (χ0n) is 17.1. The van der Waals surface area contributed by atoms with Crippen LogP contribution in [0.3, 0.4) is 0 Å². The summed E-state index contributed by atoms with van der Waals surface area (Å²) in [6.45, 7) is 3.15. The van der Waals surface area contributed by atoms with Gasteiger partial charge in [0.15, 0.2) is 5.72 Å². The summed E-state index contributed by atoms with van der Waals surface area (Å²) in [4.78, 5) is 27.8. The summed E-state index contributed by atoms with van der Waals surface area (Å²) >= 11 is 0. The van der Waals surface area contributed by atoms with Crippen molar-refractivity contribution in [3.63, 3.8) is 0 Å². The van der Waals surface area contributed by atoms with Crippen molar-refractivity contribution < 1.29 is 24.5 Å². The minimum atomic E-state index is -1.58. The van der Waals surface area contributed by atoms with Crippen molar-refractivity contribution in [2.45, 2.75) is 50.4 Å². The number of methoxy groups -OCH3 is 1. The third kappa shape index (κ3) is 1.57. The number of hydrogen-bond acceptors (Lipinski definition) is 6. The van der Waals surface area contributed by atoms with Crippen LogP contribution < -0.4 is 0 Å². The SMILES string of the molecule is COC(=O)[C@@H]1C[C@@]23C4=C(CC[C@@H]5CN6C[C@H](C)[C@](O)(C=C[C@@]52C=O)[C@]63O)CC[C@@H]41. The second-order valence-corrected chi connectivity index (χ2v) is 10.3. The monoisotopic (exact) mass is 399 g/mol. The van der Waals surface area contributed by atoms with Crippen LogP contribution in [0.2, 0.25) is 0 Å². The van der Waals surface area contributed by atoms with Gasteiger partial charge in [-0.3, -0.25) is 9.69 Å². The molecule has 3 fully saturated rings. The molecule has 2 saturated heterocycles. The molecule has 1 spiro atoms. The molecule has 0 aromatic heterocycles. The minimum Gasteiger partial charge on any atom is -0.469 e. The van der Waals surface area contributed by atoms with E-state index in [1.165, 1.54) is 12.7 Å². The number of piperidine rings is 1. The minimum absolute atomic E-state index is 0.00819. The molecule has 0 unspecified atom stereocenters. The van der Waals surface area contributed by atoms with Gasteiger partial charge in [-0.05, 0) is 43.9 Å². The summed E-state index contributed by atoms with van der Waals surface area (Å²) in [5.41, 5.74) is -2.47. The van der Waals surface area contributed by atoms with Crippen molar-refractivity contribution in [1.82, 2.24) is 4.90 Å². The van der Waals surface area contributed by atoms with Gasteiger partial charge in [-0.15, -0.1) is 0 Å². The number of nitrogens with zero attached hydrogens (tertiary/aromatic N) is 1. The highest BCUT2D eigenvalue weighted by Crippen LogP contribution is 2.78. The summed E-state index contributed by atoms with van der Waals surface area (Å²) in [7, 11) is 1.41. The van der Waals surface area contributed by atoms with Crippen molar-refractivity contribution in [1.29, 1.82) is 0 Å². The highest BCUT2D eigenvalue weighted by atomic mass is 16.5. The quantitative estimate of drug-likeness (QED) is 0.415. The van der Waals surface area contributed by atoms with E-state index >= 15 is 0 Å². The molecule has 0 aromatic rings. The lowest BCUT2D eigenvalue weighted by atomic mass is 9.43. The van der Waals surface area contributed by atoms with Crippen molar-refractivity contribution in [2.75, 3.05) is 20.2 Å². The van der Waals surface area contributed by atoms with Crippen molar-refractivity contribution in [3.8, 4) is 0 Å². The first kappa shape index (κ1) is 18.3. The van der Waals surface area contributed by atoms with Gasteiger partial charge in [-0.25, -0.2) is 0 Å². The molecule has 6 aliphatic rings. The van der Waals surface area contributed by atoms with Crippen molar-refractivity contribution in [3.05, 3.63) is 23.3 Å². The van der Waals surface area contributed by atoms with Crippen LogP contribution in [0, 0.1) is 34.5 Å². The summed E-state index contributed by atoms with van der Waals surface area (Å²) in [6.07, 6.45) is 8.62. The number of hydrogen-bond donors (Lipinski definition) is 2. The van der Waals surface area contributed by atoms with E-state index in [4.69, 9.17) is 4.74 Å². The van der Waals surface area contributed by atoms with Gasteiger partial charge in [-0.1, -0.05) is 30.2 Å². The molecule has 6 rings (SSSR count). The summed E-state index contributed by atoms with van der Waals surface area (Å²) in [5.74, 6) is -0.742. The largest absolute Gasteiger partial charge is 0.469 e. The molecule has 2 aliphatic heterocycles. The first-order valence-electron chi connectivity index (χ1n) is 11.0. The fraction of sp³-hybridized carbons (Fsp3) is 0.739. The molecule has 156 valence electrons. The van der Waals surface area contributed by atoms with Gasteiger partial charge < -0.3 is 19.7 Å². The molecule has 0 aromatic carbocycles. The van der Waals surface area contributed by atoms with Crippen molar-refractivity contribution in [2.24, 2.45) is 34.5 Å². The van der Waals surface area contributed by atoms with Gasteiger partial charge in [-0.2, -0.15) is 0 Å². The smallest absolute Gasteiger partial charge is 0.309 e. The van der Waals surface area contributed by atoms with E-state index in [0.29, 0.717) is 19.5 Å². The van der Waals surface area contributed by atoms with Crippen LogP contribution in [0.25, 0.3) is 0 Å². The zero-order valence-corrected chi connectivity index (χ0v) is 17.1. The fourth-order valence-corrected chi connectivity index (χ4v) is 8.70. The van der Waals surface area contributed by atoms with E-state index < -0.39 is 22.2 Å². The number of rotatable bonds is 2. The van der Waals surface area contributed by atoms with Crippen LogP contribution in [0.4, 0.5) is 0 Å². The zero-order chi connectivity index (χ0) is 20.4. The summed E-state index contributed by atoms with van der Waals surface area (Å²) < 4.78 is 5.17. The van der Waals surface area contributed by atoms with E-state index in [1.54, 1.807) is 6.08 Å². The Balaban J connectivity index is 1.72. The van der Waals surface area contributed by atoms with E-state index in [1.807, 2.05) is 17.9 Å². The van der Waals surface area contributed by atoms with Gasteiger partial charge in [0.1, 0.15) is 11.9 Å². The number of aliphatic hydroxyl groups is 2. The Morgan fingerprint density at radius 3 is 2.72 bits per heavy atom. The average Bonchev–Trinajstić information content (AvgIpc) is 3.32. The lowest BCUT2D eigenvalue weighted by Crippen LogP contribution is -2.79. The number of carbonyl (C=O) groups is 2. The van der Waals surface area contributed by atoms with Crippen LogP contribution >= 0.6 is 0 Å². The first-order valence-corrected chi connectivity index (χ1v) is 11.0. The summed E-state index contributed by atoms with van der Waals surface area (Å²) in [5, 5.41) is 24.4. The second kappa shape index (κ2) is 5.21. The molecule has 2 heterocycles. The average molecular weight is 399 g/mol. The molecule has 8 atom stereocenters. The van der Waals surface area contributed by atoms with E-state index in [9.17, 15) is 19.8 Å². The second-order valence-electron chi connectivity index (χ2n) is 10.3. The number of aldehydes is 1. The predicted octanol–water partition coefficient (Wildman–Crippen LogP) is 1.42. The van der Waals surface area contributed by atoms with Gasteiger partial charge in [0.25, 0.3) is 0 Å². The van der Waals surface area contributed by atoms with Crippen LogP contribution in [-0.4, -0.2) is 58.9 Å². The lowest BCUT2D eigenvalue weighted by molar-refractivity contribution is -0.295. The van der Waals surface area contributed by atoms with E-state index in [2.05, 4.69) is 0 Å². The van der Waals surface area contributed by atoms with Crippen LogP contribution in [0.15, 0.2) is 23.3 Å². The predicted molar refractivity (Wildman–Crippen MR) is 103 cm³/mol. The Morgan fingerprint density at radius 1 is 1.24 bits per heavy atom. The Bertz CT molecular complexity index is 896. The normalized spacial score (nSPS) is 54.3. The molecule has 2 N–H and O–H groups in total. The number of allylic oxidation sites excluding steroid dienone is 2. The number of carbonyl (C=O) groups excluding carboxylic acids is 2. The summed E-state index contributed by atoms with van der Waals surface area (Å²) in [6, 6.07) is 0. The lowest BCUT2D eigenvalue weighted by Gasteiger charge is -2.67. The third-order valence-electron chi connectivity index (χ3n) is 9.80. The third-order valence-corrected chi connectivity index (χ3v) is 9.80. The van der Waals surface area contributed by atoms with Gasteiger partial charge in [0.2, 0.25) is 0 Å².